The molecule has 1 fully saturated rings. The zero-order valence-electron chi connectivity index (χ0n) is 15.8. The minimum Gasteiger partial charge on any atom is -0.485 e. The molecule has 0 bridgehead atoms. The lowest BCUT2D eigenvalue weighted by atomic mass is 9.86. The Morgan fingerprint density at radius 3 is 2.63 bits per heavy atom. The SMILES string of the molecule is CN1CCN(/C(=N/C#N)NC2c3cc(C#N)ccc3OC(C)(C)C2O)CC1. The Morgan fingerprint density at radius 2 is 2.00 bits per heavy atom. The van der Waals surface area contributed by atoms with Gasteiger partial charge in [0.25, 0.3) is 0 Å². The molecule has 0 amide bonds. The Bertz CT molecular complexity index is 814. The number of hydrogen-bond donors (Lipinski definition) is 2. The molecule has 2 heterocycles. The van der Waals surface area contributed by atoms with Crippen LogP contribution in [0.5, 0.6) is 5.75 Å². The van der Waals surface area contributed by atoms with E-state index in [0.29, 0.717) is 22.8 Å². The summed E-state index contributed by atoms with van der Waals surface area (Å²) in [7, 11) is 2.05. The Morgan fingerprint density at radius 1 is 1.30 bits per heavy atom. The lowest BCUT2D eigenvalue weighted by molar-refractivity contribution is -0.0616. The highest BCUT2D eigenvalue weighted by atomic mass is 16.5. The van der Waals surface area contributed by atoms with Crippen molar-refractivity contribution in [3.8, 4) is 18.0 Å². The van der Waals surface area contributed by atoms with Crippen LogP contribution in [-0.4, -0.2) is 65.8 Å². The van der Waals surface area contributed by atoms with Crippen LogP contribution >= 0.6 is 0 Å². The van der Waals surface area contributed by atoms with Crippen molar-refractivity contribution in [3.05, 3.63) is 29.3 Å². The van der Waals surface area contributed by atoms with E-state index in [2.05, 4.69) is 28.3 Å². The second-order valence-corrected chi connectivity index (χ2v) is 7.46. The predicted octanol–water partition coefficient (Wildman–Crippen LogP) is 0.805. The molecule has 142 valence electrons. The summed E-state index contributed by atoms with van der Waals surface area (Å²) >= 11 is 0. The molecule has 1 aromatic carbocycles. The molecule has 27 heavy (non-hydrogen) atoms. The summed E-state index contributed by atoms with van der Waals surface area (Å²) in [5.74, 6) is 1.04. The van der Waals surface area contributed by atoms with Crippen LogP contribution in [0.15, 0.2) is 23.2 Å². The first kappa shape index (κ1) is 19.0. The monoisotopic (exact) mass is 368 g/mol. The number of piperazine rings is 1. The minimum absolute atomic E-state index is 0.431. The molecule has 2 aliphatic heterocycles. The molecule has 0 spiro atoms. The lowest BCUT2D eigenvalue weighted by Crippen LogP contribution is -2.57. The smallest absolute Gasteiger partial charge is 0.210 e. The van der Waals surface area contributed by atoms with Gasteiger partial charge in [0, 0.05) is 31.7 Å². The first-order valence-corrected chi connectivity index (χ1v) is 8.93. The molecule has 1 saturated heterocycles. The summed E-state index contributed by atoms with van der Waals surface area (Å²) in [5.41, 5.74) is 0.327. The van der Waals surface area contributed by atoms with Crippen molar-refractivity contribution in [1.82, 2.24) is 15.1 Å². The molecule has 0 aliphatic carbocycles. The molecule has 2 atom stereocenters. The fourth-order valence-corrected chi connectivity index (χ4v) is 3.42. The van der Waals surface area contributed by atoms with Gasteiger partial charge in [-0.2, -0.15) is 10.5 Å². The third-order valence-corrected chi connectivity index (χ3v) is 5.12. The van der Waals surface area contributed by atoms with Gasteiger partial charge in [0.05, 0.1) is 17.7 Å². The van der Waals surface area contributed by atoms with E-state index in [1.54, 1.807) is 18.2 Å². The Balaban J connectivity index is 1.95. The molecule has 8 nitrogen and oxygen atoms in total. The lowest BCUT2D eigenvalue weighted by Gasteiger charge is -2.44. The summed E-state index contributed by atoms with van der Waals surface area (Å²) in [6, 6.07) is 6.70. The van der Waals surface area contributed by atoms with Crippen LogP contribution < -0.4 is 10.1 Å². The van der Waals surface area contributed by atoms with Gasteiger partial charge in [0.1, 0.15) is 17.5 Å². The number of rotatable bonds is 1. The number of benzene rings is 1. The summed E-state index contributed by atoms with van der Waals surface area (Å²) in [5, 5.41) is 32.6. The number of nitriles is 2. The van der Waals surface area contributed by atoms with E-state index in [4.69, 9.17) is 10.00 Å². The molecule has 1 aromatic rings. The van der Waals surface area contributed by atoms with Gasteiger partial charge in [-0.15, -0.1) is 4.99 Å². The quantitative estimate of drug-likeness (QED) is 0.429. The number of aliphatic hydroxyl groups is 1. The molecule has 2 N–H and O–H groups in total. The van der Waals surface area contributed by atoms with Crippen molar-refractivity contribution in [2.24, 2.45) is 4.99 Å². The topological polar surface area (TPSA) is 108 Å². The summed E-state index contributed by atoms with van der Waals surface area (Å²) in [6.45, 7) is 6.82. The summed E-state index contributed by atoms with van der Waals surface area (Å²) in [4.78, 5) is 8.18. The standard InChI is InChI=1S/C19H24N6O2/c1-19(2)17(26)16(14-10-13(11-20)4-5-15(14)27-19)23-18(22-12-21)25-8-6-24(3)7-9-25/h4-5,10,16-17,26H,6-9H2,1-3H3,(H,22,23). The molecule has 2 unspecified atom stereocenters. The molecule has 3 rings (SSSR count). The zero-order chi connectivity index (χ0) is 19.6. The third-order valence-electron chi connectivity index (χ3n) is 5.12. The van der Waals surface area contributed by atoms with Crippen LogP contribution in [0, 0.1) is 22.8 Å². The number of hydrogen-bond acceptors (Lipinski definition) is 6. The van der Waals surface area contributed by atoms with E-state index in [-0.39, 0.29) is 0 Å². The van der Waals surface area contributed by atoms with Gasteiger partial charge < -0.3 is 25.0 Å². The van der Waals surface area contributed by atoms with Gasteiger partial charge in [0.15, 0.2) is 0 Å². The van der Waals surface area contributed by atoms with E-state index in [0.717, 1.165) is 26.2 Å². The predicted molar refractivity (Wildman–Crippen MR) is 99.9 cm³/mol. The van der Waals surface area contributed by atoms with Crippen LogP contribution in [0.3, 0.4) is 0 Å². The average molecular weight is 368 g/mol. The van der Waals surface area contributed by atoms with Crippen molar-refractivity contribution < 1.29 is 9.84 Å². The number of nitrogens with zero attached hydrogens (tertiary/aromatic N) is 5. The van der Waals surface area contributed by atoms with Gasteiger partial charge in [-0.05, 0) is 39.1 Å². The van der Waals surface area contributed by atoms with Crippen LogP contribution in [0.2, 0.25) is 0 Å². The Labute approximate surface area is 159 Å². The highest BCUT2D eigenvalue weighted by Gasteiger charge is 2.44. The highest BCUT2D eigenvalue weighted by Crippen LogP contribution is 2.40. The maximum atomic E-state index is 10.9. The molecule has 0 aromatic heterocycles. The van der Waals surface area contributed by atoms with Crippen molar-refractivity contribution in [2.45, 2.75) is 31.6 Å². The number of fused-ring (bicyclic) bond motifs is 1. The fraction of sp³-hybridized carbons (Fsp3) is 0.526. The number of aliphatic hydroxyl groups excluding tert-OH is 1. The van der Waals surface area contributed by atoms with E-state index >= 15 is 0 Å². The average Bonchev–Trinajstić information content (AvgIpc) is 2.65. The number of aliphatic imine (C=N–C) groups is 1. The number of guanidine groups is 1. The molecule has 2 aliphatic rings. The van der Waals surface area contributed by atoms with E-state index < -0.39 is 17.7 Å². The summed E-state index contributed by atoms with van der Waals surface area (Å²) in [6.07, 6.45) is 0.960. The maximum Gasteiger partial charge on any atom is 0.210 e. The zero-order valence-corrected chi connectivity index (χ0v) is 15.8. The van der Waals surface area contributed by atoms with Gasteiger partial charge in [-0.1, -0.05) is 0 Å². The normalized spacial score (nSPS) is 25.0. The molecular weight excluding hydrogens is 344 g/mol. The fourth-order valence-electron chi connectivity index (χ4n) is 3.42. The van der Waals surface area contributed by atoms with Crippen molar-refractivity contribution in [2.75, 3.05) is 33.2 Å². The van der Waals surface area contributed by atoms with Crippen LogP contribution in [0.25, 0.3) is 0 Å². The number of nitrogens with one attached hydrogen (secondary N) is 1. The largest absolute Gasteiger partial charge is 0.485 e. The second-order valence-electron chi connectivity index (χ2n) is 7.46. The Hall–Kier alpha value is -2.81. The molecular formula is C19H24N6O2. The second kappa shape index (κ2) is 7.43. The van der Waals surface area contributed by atoms with Gasteiger partial charge in [-0.25, -0.2) is 0 Å². The molecule has 8 heteroatoms. The van der Waals surface area contributed by atoms with E-state index in [1.807, 2.05) is 24.9 Å². The first-order chi connectivity index (χ1) is 12.9. The third kappa shape index (κ3) is 3.82. The molecule has 0 radical (unpaired) electrons. The van der Waals surface area contributed by atoms with Gasteiger partial charge in [-0.3, -0.25) is 0 Å². The highest BCUT2D eigenvalue weighted by molar-refractivity contribution is 5.81. The summed E-state index contributed by atoms with van der Waals surface area (Å²) < 4.78 is 5.94. The van der Waals surface area contributed by atoms with Crippen molar-refractivity contribution in [3.63, 3.8) is 0 Å². The van der Waals surface area contributed by atoms with Crippen molar-refractivity contribution in [1.29, 1.82) is 10.5 Å². The van der Waals surface area contributed by atoms with Gasteiger partial charge in [0.2, 0.25) is 12.2 Å². The number of ether oxygens (including phenoxy) is 1. The van der Waals surface area contributed by atoms with Crippen LogP contribution in [0.1, 0.15) is 31.0 Å². The van der Waals surface area contributed by atoms with Crippen LogP contribution in [0.4, 0.5) is 0 Å². The minimum atomic E-state index is -0.893. The van der Waals surface area contributed by atoms with Gasteiger partial charge >= 0.3 is 0 Å². The molecule has 0 saturated carbocycles. The van der Waals surface area contributed by atoms with Crippen LogP contribution in [-0.2, 0) is 0 Å². The van der Waals surface area contributed by atoms with Crippen molar-refractivity contribution >= 4 is 5.96 Å². The van der Waals surface area contributed by atoms with E-state index in [9.17, 15) is 10.4 Å². The van der Waals surface area contributed by atoms with E-state index in [1.165, 1.54) is 0 Å². The first-order valence-electron chi connectivity index (χ1n) is 8.93. The number of likely N-dealkylation sites (N-methyl/N-ethyl adjacent to an activating group) is 1. The Kier molecular flexibility index (Phi) is 5.22. The maximum absolute atomic E-state index is 10.9.